The first kappa shape index (κ1) is 23.2. The molecule has 9 heteroatoms. The van der Waals surface area contributed by atoms with Gasteiger partial charge in [0.25, 0.3) is 15.9 Å². The number of aryl methyl sites for hydroxylation is 1. The Balaban J connectivity index is 1.57. The fourth-order valence-corrected chi connectivity index (χ4v) is 3.96. The van der Waals surface area contributed by atoms with Gasteiger partial charge >= 0.3 is 6.61 Å². The molecular formula is C23H22F2N2O4S. The number of amides is 1. The molecule has 0 heterocycles. The van der Waals surface area contributed by atoms with Crippen LogP contribution in [0.25, 0.3) is 0 Å². The number of nitrogens with one attached hydrogen (secondary N) is 2. The molecule has 3 aromatic carbocycles. The first-order valence-corrected chi connectivity index (χ1v) is 11.2. The maximum atomic E-state index is 12.5. The van der Waals surface area contributed by atoms with Crippen molar-refractivity contribution >= 4 is 21.6 Å². The van der Waals surface area contributed by atoms with Crippen LogP contribution in [0.3, 0.4) is 0 Å². The van der Waals surface area contributed by atoms with Gasteiger partial charge in [-0.25, -0.2) is 8.42 Å². The summed E-state index contributed by atoms with van der Waals surface area (Å²) in [7, 11) is -3.78. The second-order valence-electron chi connectivity index (χ2n) is 7.03. The van der Waals surface area contributed by atoms with Crippen molar-refractivity contribution in [2.75, 3.05) is 11.3 Å². The third kappa shape index (κ3) is 6.52. The molecule has 32 heavy (non-hydrogen) atoms. The predicted octanol–water partition coefficient (Wildman–Crippen LogP) is 4.37. The molecular weight excluding hydrogens is 438 g/mol. The van der Waals surface area contributed by atoms with Gasteiger partial charge in [-0.3, -0.25) is 9.52 Å². The lowest BCUT2D eigenvalue weighted by molar-refractivity contribution is -0.0498. The smallest absolute Gasteiger partial charge is 0.387 e. The van der Waals surface area contributed by atoms with E-state index in [-0.39, 0.29) is 22.2 Å². The fourth-order valence-electron chi connectivity index (χ4n) is 2.92. The monoisotopic (exact) mass is 460 g/mol. The predicted molar refractivity (Wildman–Crippen MR) is 118 cm³/mol. The molecule has 168 valence electrons. The highest BCUT2D eigenvalue weighted by atomic mass is 32.2. The molecule has 0 aliphatic rings. The molecule has 3 rings (SSSR count). The Morgan fingerprint density at radius 2 is 1.69 bits per heavy atom. The van der Waals surface area contributed by atoms with Crippen molar-refractivity contribution in [2.45, 2.75) is 24.9 Å². The molecule has 6 nitrogen and oxygen atoms in total. The van der Waals surface area contributed by atoms with E-state index >= 15 is 0 Å². The normalized spacial score (nSPS) is 11.2. The van der Waals surface area contributed by atoms with Crippen LogP contribution in [-0.2, 0) is 16.4 Å². The molecule has 0 unspecified atom stereocenters. The minimum absolute atomic E-state index is 0.0673. The number of sulfonamides is 1. The van der Waals surface area contributed by atoms with E-state index in [1.807, 2.05) is 6.92 Å². The molecule has 0 radical (unpaired) electrons. The highest BCUT2D eigenvalue weighted by Gasteiger charge is 2.15. The minimum atomic E-state index is -3.78. The van der Waals surface area contributed by atoms with E-state index in [0.717, 1.165) is 11.1 Å². The van der Waals surface area contributed by atoms with Gasteiger partial charge in [-0.1, -0.05) is 35.9 Å². The maximum Gasteiger partial charge on any atom is 0.387 e. The zero-order valence-electron chi connectivity index (χ0n) is 17.2. The summed E-state index contributed by atoms with van der Waals surface area (Å²) < 4.78 is 56.2. The van der Waals surface area contributed by atoms with Crippen LogP contribution in [0.5, 0.6) is 5.75 Å². The largest absolute Gasteiger partial charge is 0.435 e. The molecule has 0 saturated carbocycles. The third-order valence-electron chi connectivity index (χ3n) is 4.56. The molecule has 0 saturated heterocycles. The first-order chi connectivity index (χ1) is 15.2. The summed E-state index contributed by atoms with van der Waals surface area (Å²) in [5.41, 5.74) is 2.36. The zero-order valence-corrected chi connectivity index (χ0v) is 18.0. The van der Waals surface area contributed by atoms with Gasteiger partial charge in [0.05, 0.1) is 4.90 Å². The summed E-state index contributed by atoms with van der Waals surface area (Å²) in [5, 5.41) is 2.75. The SMILES string of the molecule is Cc1ccc(S(=O)(=O)Nc2cccc(C(=O)NCCc3ccc(OC(F)F)cc3)c2)cc1. The molecule has 2 N–H and O–H groups in total. The van der Waals surface area contributed by atoms with E-state index in [0.29, 0.717) is 18.5 Å². The van der Waals surface area contributed by atoms with Crippen molar-refractivity contribution in [3.63, 3.8) is 0 Å². The Kier molecular flexibility index (Phi) is 7.42. The summed E-state index contributed by atoms with van der Waals surface area (Å²) in [6, 6.07) is 18.8. The standard InChI is InChI=1S/C23H22F2N2O4S/c1-16-5-11-21(12-6-16)32(29,30)27-19-4-2-3-18(15-19)22(28)26-14-13-17-7-9-20(10-8-17)31-23(24)25/h2-12,15,23,27H,13-14H2,1H3,(H,26,28). The average Bonchev–Trinajstić information content (AvgIpc) is 2.75. The highest BCUT2D eigenvalue weighted by Crippen LogP contribution is 2.18. The van der Waals surface area contributed by atoms with Crippen LogP contribution in [0, 0.1) is 6.92 Å². The van der Waals surface area contributed by atoms with E-state index in [4.69, 9.17) is 0 Å². The van der Waals surface area contributed by atoms with Crippen LogP contribution < -0.4 is 14.8 Å². The van der Waals surface area contributed by atoms with Crippen LogP contribution in [0.1, 0.15) is 21.5 Å². The minimum Gasteiger partial charge on any atom is -0.435 e. The lowest BCUT2D eigenvalue weighted by atomic mass is 10.1. The molecule has 3 aromatic rings. The van der Waals surface area contributed by atoms with Gasteiger partial charge < -0.3 is 10.1 Å². The molecule has 0 aromatic heterocycles. The summed E-state index contributed by atoms with van der Waals surface area (Å²) >= 11 is 0. The van der Waals surface area contributed by atoms with Crippen molar-refractivity contribution in [1.29, 1.82) is 0 Å². The van der Waals surface area contributed by atoms with E-state index in [9.17, 15) is 22.0 Å². The lowest BCUT2D eigenvalue weighted by Gasteiger charge is -2.10. The molecule has 0 aliphatic carbocycles. The van der Waals surface area contributed by atoms with Gasteiger partial charge in [0, 0.05) is 17.8 Å². The second-order valence-corrected chi connectivity index (χ2v) is 8.71. The quantitative estimate of drug-likeness (QED) is 0.497. The van der Waals surface area contributed by atoms with Crippen molar-refractivity contribution < 1.29 is 26.7 Å². The summed E-state index contributed by atoms with van der Waals surface area (Å²) in [4.78, 5) is 12.6. The second kappa shape index (κ2) is 10.2. The third-order valence-corrected chi connectivity index (χ3v) is 5.95. The van der Waals surface area contributed by atoms with Gasteiger partial charge in [-0.15, -0.1) is 0 Å². The Hall–Kier alpha value is -3.46. The van der Waals surface area contributed by atoms with Crippen LogP contribution in [-0.4, -0.2) is 27.5 Å². The first-order valence-electron chi connectivity index (χ1n) is 9.74. The van der Waals surface area contributed by atoms with E-state index in [1.54, 1.807) is 42.5 Å². The Morgan fingerprint density at radius 3 is 2.34 bits per heavy atom. The molecule has 0 spiro atoms. The van der Waals surface area contributed by atoms with Crippen molar-refractivity contribution in [3.05, 3.63) is 89.5 Å². The Morgan fingerprint density at radius 1 is 1.00 bits per heavy atom. The van der Waals surface area contributed by atoms with E-state index in [1.165, 1.54) is 30.3 Å². The highest BCUT2D eigenvalue weighted by molar-refractivity contribution is 7.92. The number of ether oxygens (including phenoxy) is 1. The van der Waals surface area contributed by atoms with E-state index < -0.39 is 16.6 Å². The summed E-state index contributed by atoms with van der Waals surface area (Å²) in [5.74, 6) is -0.295. The van der Waals surface area contributed by atoms with Crippen LogP contribution in [0.4, 0.5) is 14.5 Å². The number of halogens is 2. The molecule has 1 amide bonds. The van der Waals surface area contributed by atoms with Crippen molar-refractivity contribution in [3.8, 4) is 5.75 Å². The summed E-state index contributed by atoms with van der Waals surface area (Å²) in [6.07, 6.45) is 0.487. The van der Waals surface area contributed by atoms with Crippen molar-refractivity contribution in [2.24, 2.45) is 0 Å². The van der Waals surface area contributed by atoms with Crippen LogP contribution in [0.2, 0.25) is 0 Å². The van der Waals surface area contributed by atoms with Gasteiger partial charge in [0.2, 0.25) is 0 Å². The van der Waals surface area contributed by atoms with Crippen molar-refractivity contribution in [1.82, 2.24) is 5.32 Å². The topological polar surface area (TPSA) is 84.5 Å². The van der Waals surface area contributed by atoms with Gasteiger partial charge in [0.1, 0.15) is 5.75 Å². The number of carbonyl (C=O) groups excluding carboxylic acids is 1. The number of carbonyl (C=O) groups is 1. The molecule has 0 aliphatic heterocycles. The van der Waals surface area contributed by atoms with Crippen LogP contribution >= 0.6 is 0 Å². The van der Waals surface area contributed by atoms with E-state index in [2.05, 4.69) is 14.8 Å². The molecule has 0 fully saturated rings. The maximum absolute atomic E-state index is 12.5. The number of alkyl halides is 2. The molecule has 0 bridgehead atoms. The fraction of sp³-hybridized carbons (Fsp3) is 0.174. The average molecular weight is 461 g/mol. The number of benzene rings is 3. The molecule has 0 atom stereocenters. The van der Waals surface area contributed by atoms with Gasteiger partial charge in [-0.2, -0.15) is 8.78 Å². The Bertz CT molecular complexity index is 1170. The number of rotatable bonds is 9. The number of hydrogen-bond donors (Lipinski definition) is 2. The van der Waals surface area contributed by atoms with Gasteiger partial charge in [-0.05, 0) is 61.4 Å². The number of hydrogen-bond acceptors (Lipinski definition) is 4. The van der Waals surface area contributed by atoms with Crippen LogP contribution in [0.15, 0.2) is 77.7 Å². The van der Waals surface area contributed by atoms with Gasteiger partial charge in [0.15, 0.2) is 0 Å². The lowest BCUT2D eigenvalue weighted by Crippen LogP contribution is -2.25. The summed E-state index contributed by atoms with van der Waals surface area (Å²) in [6.45, 7) is -0.701. The zero-order chi connectivity index (χ0) is 23.1. The Labute approximate surface area is 185 Å². The number of anilines is 1.